The first-order valence-electron chi connectivity index (χ1n) is 3.58. The van der Waals surface area contributed by atoms with Crippen molar-refractivity contribution >= 4 is 9.84 Å². The first-order chi connectivity index (χ1) is 4.64. The van der Waals surface area contributed by atoms with Crippen LogP contribution >= 0.6 is 0 Å². The molecule has 1 N–H and O–H groups in total. The van der Waals surface area contributed by atoms with Crippen molar-refractivity contribution in [1.82, 2.24) is 5.32 Å². The van der Waals surface area contributed by atoms with Crippen LogP contribution in [0, 0.1) is 0 Å². The molecule has 0 saturated carbocycles. The zero-order valence-corrected chi connectivity index (χ0v) is 6.95. The first-order valence-corrected chi connectivity index (χ1v) is 5.40. The van der Waals surface area contributed by atoms with Crippen molar-refractivity contribution in [3.8, 4) is 0 Å². The average molecular weight is 163 g/mol. The van der Waals surface area contributed by atoms with E-state index in [2.05, 4.69) is 5.32 Å². The summed E-state index contributed by atoms with van der Waals surface area (Å²) in [7, 11) is -2.74. The molecule has 1 unspecified atom stereocenters. The Morgan fingerprint density at radius 3 is 2.50 bits per heavy atom. The molecule has 0 aromatic rings. The van der Waals surface area contributed by atoms with Crippen molar-refractivity contribution < 1.29 is 8.42 Å². The van der Waals surface area contributed by atoms with Gasteiger partial charge in [0.1, 0.15) is 0 Å². The minimum absolute atomic E-state index is 0.241. The van der Waals surface area contributed by atoms with Gasteiger partial charge in [-0.2, -0.15) is 0 Å². The maximum atomic E-state index is 11.0. The highest BCUT2D eigenvalue weighted by molar-refractivity contribution is 7.91. The number of hydrogen-bond donors (Lipinski definition) is 1. The molecule has 1 rings (SSSR count). The first kappa shape index (κ1) is 8.01. The zero-order valence-electron chi connectivity index (χ0n) is 6.13. The van der Waals surface area contributed by atoms with Crippen LogP contribution in [-0.4, -0.2) is 32.5 Å². The van der Waals surface area contributed by atoms with E-state index >= 15 is 0 Å². The molecular formula is C6H13NO2S. The standard InChI is InChI=1S/C6H13NO2S/c1-2-10(8,9)5-6-3-4-7-6/h6-7H,2-5H2,1H3. The van der Waals surface area contributed by atoms with E-state index in [1.54, 1.807) is 6.92 Å². The fourth-order valence-corrected chi connectivity index (χ4v) is 2.05. The lowest BCUT2D eigenvalue weighted by molar-refractivity contribution is 0.399. The highest BCUT2D eigenvalue weighted by Gasteiger charge is 2.22. The molecule has 0 aromatic heterocycles. The van der Waals surface area contributed by atoms with Crippen LogP contribution in [0.2, 0.25) is 0 Å². The van der Waals surface area contributed by atoms with Crippen LogP contribution in [0.15, 0.2) is 0 Å². The van der Waals surface area contributed by atoms with Gasteiger partial charge in [-0.05, 0) is 13.0 Å². The monoisotopic (exact) mass is 163 g/mol. The lowest BCUT2D eigenvalue weighted by atomic mass is 10.1. The summed E-state index contributed by atoms with van der Waals surface area (Å²) in [6.45, 7) is 2.66. The van der Waals surface area contributed by atoms with Gasteiger partial charge >= 0.3 is 0 Å². The van der Waals surface area contributed by atoms with Gasteiger partial charge in [-0.25, -0.2) is 8.42 Å². The Labute approximate surface area is 61.7 Å². The van der Waals surface area contributed by atoms with E-state index < -0.39 is 9.84 Å². The Kier molecular flexibility index (Phi) is 2.31. The van der Waals surface area contributed by atoms with Gasteiger partial charge in [-0.1, -0.05) is 6.92 Å². The van der Waals surface area contributed by atoms with Crippen LogP contribution in [-0.2, 0) is 9.84 Å². The molecule has 0 spiro atoms. The van der Waals surface area contributed by atoms with Crippen LogP contribution < -0.4 is 5.32 Å². The molecule has 1 saturated heterocycles. The van der Waals surface area contributed by atoms with Gasteiger partial charge < -0.3 is 5.32 Å². The molecule has 0 bridgehead atoms. The summed E-state index contributed by atoms with van der Waals surface area (Å²) < 4.78 is 21.9. The molecular weight excluding hydrogens is 150 g/mol. The van der Waals surface area contributed by atoms with Gasteiger partial charge in [0.2, 0.25) is 0 Å². The number of rotatable bonds is 3. The minimum Gasteiger partial charge on any atom is -0.313 e. The van der Waals surface area contributed by atoms with E-state index in [-0.39, 0.29) is 11.8 Å². The minimum atomic E-state index is -2.74. The molecule has 0 amide bonds. The molecule has 1 heterocycles. The van der Waals surface area contributed by atoms with Gasteiger partial charge in [-0.15, -0.1) is 0 Å². The number of hydrogen-bond acceptors (Lipinski definition) is 3. The molecule has 1 atom stereocenters. The fourth-order valence-electron chi connectivity index (χ4n) is 0.915. The van der Waals surface area contributed by atoms with E-state index in [0.29, 0.717) is 5.75 Å². The Morgan fingerprint density at radius 1 is 1.60 bits per heavy atom. The maximum absolute atomic E-state index is 11.0. The second-order valence-corrected chi connectivity index (χ2v) is 5.04. The van der Waals surface area contributed by atoms with E-state index in [1.807, 2.05) is 0 Å². The molecule has 1 aliphatic rings. The quantitative estimate of drug-likeness (QED) is 0.626. The Bertz CT molecular complexity index is 194. The van der Waals surface area contributed by atoms with Crippen molar-refractivity contribution in [2.75, 3.05) is 18.1 Å². The summed E-state index contributed by atoms with van der Waals surface area (Å²) in [4.78, 5) is 0. The largest absolute Gasteiger partial charge is 0.313 e. The Balaban J connectivity index is 2.36. The summed E-state index contributed by atoms with van der Waals surface area (Å²) in [5.74, 6) is 0.592. The maximum Gasteiger partial charge on any atom is 0.151 e. The predicted octanol–water partition coefficient (Wildman–Crippen LogP) is -0.217. The molecule has 4 heteroatoms. The summed E-state index contributed by atoms with van der Waals surface area (Å²) in [5, 5.41) is 3.06. The molecule has 0 aromatic carbocycles. The fraction of sp³-hybridized carbons (Fsp3) is 1.00. The molecule has 1 fully saturated rings. The van der Waals surface area contributed by atoms with E-state index in [9.17, 15) is 8.42 Å². The third kappa shape index (κ3) is 1.95. The highest BCUT2D eigenvalue weighted by Crippen LogP contribution is 2.05. The molecule has 0 radical (unpaired) electrons. The van der Waals surface area contributed by atoms with Crippen molar-refractivity contribution in [3.05, 3.63) is 0 Å². The van der Waals surface area contributed by atoms with Crippen molar-refractivity contribution in [1.29, 1.82) is 0 Å². The smallest absolute Gasteiger partial charge is 0.151 e. The van der Waals surface area contributed by atoms with Crippen LogP contribution in [0.25, 0.3) is 0 Å². The SMILES string of the molecule is CCS(=O)(=O)CC1CCN1. The number of nitrogens with one attached hydrogen (secondary N) is 1. The molecule has 60 valence electrons. The van der Waals surface area contributed by atoms with Crippen molar-refractivity contribution in [3.63, 3.8) is 0 Å². The predicted molar refractivity (Wildman–Crippen MR) is 40.7 cm³/mol. The van der Waals surface area contributed by atoms with E-state index in [0.717, 1.165) is 13.0 Å². The molecule has 10 heavy (non-hydrogen) atoms. The second kappa shape index (κ2) is 2.88. The molecule has 1 aliphatic heterocycles. The normalized spacial score (nSPS) is 25.9. The zero-order chi connectivity index (χ0) is 7.61. The van der Waals surface area contributed by atoms with Gasteiger partial charge in [0.05, 0.1) is 5.75 Å². The highest BCUT2D eigenvalue weighted by atomic mass is 32.2. The lowest BCUT2D eigenvalue weighted by Crippen LogP contribution is -2.47. The van der Waals surface area contributed by atoms with Gasteiger partial charge in [0.25, 0.3) is 0 Å². The Hall–Kier alpha value is -0.0900. The lowest BCUT2D eigenvalue weighted by Gasteiger charge is -2.26. The third-order valence-electron chi connectivity index (χ3n) is 1.82. The van der Waals surface area contributed by atoms with Crippen LogP contribution in [0.5, 0.6) is 0 Å². The topological polar surface area (TPSA) is 46.2 Å². The van der Waals surface area contributed by atoms with Gasteiger partial charge in [0.15, 0.2) is 9.84 Å². The van der Waals surface area contributed by atoms with Gasteiger partial charge in [-0.3, -0.25) is 0 Å². The summed E-state index contributed by atoms with van der Waals surface area (Å²) in [6.07, 6.45) is 1.01. The Morgan fingerprint density at radius 2 is 2.20 bits per heavy atom. The van der Waals surface area contributed by atoms with Crippen molar-refractivity contribution in [2.45, 2.75) is 19.4 Å². The summed E-state index contributed by atoms with van der Waals surface area (Å²) >= 11 is 0. The molecule has 0 aliphatic carbocycles. The second-order valence-electron chi connectivity index (χ2n) is 2.64. The number of sulfone groups is 1. The summed E-state index contributed by atoms with van der Waals surface area (Å²) in [6, 6.07) is 0.241. The third-order valence-corrected chi connectivity index (χ3v) is 3.61. The van der Waals surface area contributed by atoms with Crippen LogP contribution in [0.4, 0.5) is 0 Å². The molecule has 3 nitrogen and oxygen atoms in total. The average Bonchev–Trinajstić information content (AvgIpc) is 1.80. The van der Waals surface area contributed by atoms with E-state index in [4.69, 9.17) is 0 Å². The van der Waals surface area contributed by atoms with Gasteiger partial charge in [0, 0.05) is 11.8 Å². The summed E-state index contributed by atoms with van der Waals surface area (Å²) in [5.41, 5.74) is 0. The van der Waals surface area contributed by atoms with E-state index in [1.165, 1.54) is 0 Å². The van der Waals surface area contributed by atoms with Crippen LogP contribution in [0.1, 0.15) is 13.3 Å². The van der Waals surface area contributed by atoms with Crippen LogP contribution in [0.3, 0.4) is 0 Å². The van der Waals surface area contributed by atoms with Crippen molar-refractivity contribution in [2.24, 2.45) is 0 Å².